The van der Waals surface area contributed by atoms with Crippen molar-refractivity contribution >= 4 is 45.0 Å². The molecule has 0 radical (unpaired) electrons. The molecule has 9 heteroatoms. The van der Waals surface area contributed by atoms with E-state index in [9.17, 15) is 4.79 Å². The molecule has 0 aliphatic carbocycles. The first-order chi connectivity index (χ1) is 15.5. The van der Waals surface area contributed by atoms with E-state index in [1.807, 2.05) is 10.8 Å². The Hall–Kier alpha value is -3.10. The van der Waals surface area contributed by atoms with Crippen molar-refractivity contribution in [3.8, 4) is 11.5 Å². The van der Waals surface area contributed by atoms with Crippen molar-refractivity contribution in [1.29, 1.82) is 0 Å². The molecule has 0 fully saturated rings. The number of hydrogen-bond acceptors (Lipinski definition) is 6. The Morgan fingerprint density at radius 2 is 1.82 bits per heavy atom. The SMILES string of the molecule is COc1cc(OC)cc(C(=O)N(CCCn2ccnc2)c2nc3cc(C)cc(C)c3s2)c1.Cl. The van der Waals surface area contributed by atoms with Gasteiger partial charge in [-0.2, -0.15) is 0 Å². The summed E-state index contributed by atoms with van der Waals surface area (Å²) in [5, 5.41) is 0.686. The second-order valence-corrected chi connectivity index (χ2v) is 8.62. The van der Waals surface area contributed by atoms with Crippen molar-refractivity contribution in [2.75, 3.05) is 25.7 Å². The molecule has 4 aromatic rings. The first-order valence-electron chi connectivity index (χ1n) is 10.4. The predicted octanol–water partition coefficient (Wildman–Crippen LogP) is 5.29. The van der Waals surface area contributed by atoms with E-state index in [4.69, 9.17) is 14.5 Å². The number of imidazole rings is 1. The summed E-state index contributed by atoms with van der Waals surface area (Å²) in [4.78, 5) is 24.3. The lowest BCUT2D eigenvalue weighted by Gasteiger charge is -2.21. The van der Waals surface area contributed by atoms with Crippen LogP contribution in [0.5, 0.6) is 11.5 Å². The van der Waals surface area contributed by atoms with Gasteiger partial charge in [0.05, 0.1) is 30.8 Å². The summed E-state index contributed by atoms with van der Waals surface area (Å²) in [5.41, 5.74) is 3.73. The number of nitrogens with zero attached hydrogens (tertiary/aromatic N) is 4. The van der Waals surface area contributed by atoms with Crippen LogP contribution in [0.1, 0.15) is 27.9 Å². The standard InChI is InChI=1S/C24H26N4O3S.ClH/c1-16-10-17(2)22-21(11-16)26-24(32-22)28(8-5-7-27-9-6-25-15-27)23(29)18-12-19(30-3)14-20(13-18)31-4;/h6,9-15H,5,7-8H2,1-4H3;1H. The number of methoxy groups -OCH3 is 2. The van der Waals surface area contributed by atoms with Gasteiger partial charge in [0.15, 0.2) is 5.13 Å². The van der Waals surface area contributed by atoms with Crippen molar-refractivity contribution in [1.82, 2.24) is 14.5 Å². The second-order valence-electron chi connectivity index (χ2n) is 7.64. The van der Waals surface area contributed by atoms with Crippen LogP contribution in [-0.4, -0.2) is 41.2 Å². The molecule has 0 saturated carbocycles. The molecular weight excluding hydrogens is 460 g/mol. The average Bonchev–Trinajstić information content (AvgIpc) is 3.46. The molecule has 4 rings (SSSR count). The number of carbonyl (C=O) groups is 1. The van der Waals surface area contributed by atoms with Gasteiger partial charge in [-0.3, -0.25) is 9.69 Å². The summed E-state index contributed by atoms with van der Waals surface area (Å²) in [6, 6.07) is 9.42. The van der Waals surface area contributed by atoms with Gasteiger partial charge in [0, 0.05) is 37.1 Å². The van der Waals surface area contributed by atoms with E-state index in [1.165, 1.54) is 0 Å². The summed E-state index contributed by atoms with van der Waals surface area (Å²) in [6.45, 7) is 5.42. The monoisotopic (exact) mass is 486 g/mol. The molecular formula is C24H27ClN4O3S. The first-order valence-corrected chi connectivity index (χ1v) is 11.2. The minimum absolute atomic E-state index is 0. The van der Waals surface area contributed by atoms with Crippen LogP contribution in [0.25, 0.3) is 10.2 Å². The number of amides is 1. The lowest BCUT2D eigenvalue weighted by atomic mass is 10.1. The lowest BCUT2D eigenvalue weighted by Crippen LogP contribution is -2.32. The Balaban J connectivity index is 0.00000306. The van der Waals surface area contributed by atoms with Crippen molar-refractivity contribution in [3.05, 3.63) is 65.7 Å². The maximum absolute atomic E-state index is 13.7. The van der Waals surface area contributed by atoms with E-state index < -0.39 is 0 Å². The molecule has 33 heavy (non-hydrogen) atoms. The van der Waals surface area contributed by atoms with Crippen LogP contribution in [0, 0.1) is 13.8 Å². The third kappa shape index (κ3) is 5.46. The average molecular weight is 487 g/mol. The molecule has 0 N–H and O–H groups in total. The zero-order valence-electron chi connectivity index (χ0n) is 19.1. The van der Waals surface area contributed by atoms with Gasteiger partial charge in [0.2, 0.25) is 0 Å². The van der Waals surface area contributed by atoms with Gasteiger partial charge in [-0.25, -0.2) is 9.97 Å². The summed E-state index contributed by atoms with van der Waals surface area (Å²) in [5.74, 6) is 1.00. The van der Waals surface area contributed by atoms with Crippen LogP contribution in [0.2, 0.25) is 0 Å². The zero-order chi connectivity index (χ0) is 22.7. The van der Waals surface area contributed by atoms with Crippen LogP contribution < -0.4 is 14.4 Å². The summed E-state index contributed by atoms with van der Waals surface area (Å²) < 4.78 is 13.8. The number of thiazole rings is 1. The van der Waals surface area contributed by atoms with E-state index in [2.05, 4.69) is 31.0 Å². The molecule has 0 saturated heterocycles. The zero-order valence-corrected chi connectivity index (χ0v) is 20.7. The van der Waals surface area contributed by atoms with Gasteiger partial charge in [-0.1, -0.05) is 17.4 Å². The van der Waals surface area contributed by atoms with Crippen LogP contribution in [0.15, 0.2) is 49.1 Å². The Morgan fingerprint density at radius 1 is 1.09 bits per heavy atom. The number of rotatable bonds is 8. The van der Waals surface area contributed by atoms with Crippen molar-refractivity contribution in [2.45, 2.75) is 26.8 Å². The molecule has 0 atom stereocenters. The molecule has 2 heterocycles. The van der Waals surface area contributed by atoms with Gasteiger partial charge in [0.25, 0.3) is 5.91 Å². The van der Waals surface area contributed by atoms with Gasteiger partial charge < -0.3 is 14.0 Å². The molecule has 0 spiro atoms. The fraction of sp³-hybridized carbons (Fsp3) is 0.292. The van der Waals surface area contributed by atoms with E-state index in [0.29, 0.717) is 28.7 Å². The topological polar surface area (TPSA) is 69.5 Å². The smallest absolute Gasteiger partial charge is 0.260 e. The summed E-state index contributed by atoms with van der Waals surface area (Å²) in [7, 11) is 3.15. The number of aryl methyl sites for hydroxylation is 3. The largest absolute Gasteiger partial charge is 0.497 e. The van der Waals surface area contributed by atoms with E-state index in [0.717, 1.165) is 34.3 Å². The molecule has 7 nitrogen and oxygen atoms in total. The van der Waals surface area contributed by atoms with E-state index >= 15 is 0 Å². The minimum Gasteiger partial charge on any atom is -0.497 e. The number of hydrogen-bond donors (Lipinski definition) is 0. The second kappa shape index (κ2) is 10.7. The van der Waals surface area contributed by atoms with Crippen molar-refractivity contribution in [3.63, 3.8) is 0 Å². The number of ether oxygens (including phenoxy) is 2. The third-order valence-electron chi connectivity index (χ3n) is 5.24. The maximum atomic E-state index is 13.7. The number of halogens is 1. The Bertz CT molecular complexity index is 1220. The summed E-state index contributed by atoms with van der Waals surface area (Å²) in [6.07, 6.45) is 6.22. The quantitative estimate of drug-likeness (QED) is 0.338. The number of anilines is 1. The summed E-state index contributed by atoms with van der Waals surface area (Å²) >= 11 is 1.54. The Kier molecular flexibility index (Phi) is 7.94. The van der Waals surface area contributed by atoms with E-state index in [-0.39, 0.29) is 18.3 Å². The minimum atomic E-state index is -0.138. The molecule has 2 aromatic heterocycles. The lowest BCUT2D eigenvalue weighted by molar-refractivity contribution is 0.0985. The molecule has 0 bridgehead atoms. The van der Waals surface area contributed by atoms with Crippen LogP contribution in [0.4, 0.5) is 5.13 Å². The highest BCUT2D eigenvalue weighted by Gasteiger charge is 2.23. The maximum Gasteiger partial charge on any atom is 0.260 e. The van der Waals surface area contributed by atoms with Gasteiger partial charge in [0.1, 0.15) is 11.5 Å². The highest BCUT2D eigenvalue weighted by Crippen LogP contribution is 2.33. The molecule has 0 aliphatic rings. The van der Waals surface area contributed by atoms with Crippen molar-refractivity contribution in [2.24, 2.45) is 0 Å². The van der Waals surface area contributed by atoms with Gasteiger partial charge in [-0.05, 0) is 49.6 Å². The highest BCUT2D eigenvalue weighted by atomic mass is 35.5. The fourth-order valence-corrected chi connectivity index (χ4v) is 4.72. The van der Waals surface area contributed by atoms with Crippen LogP contribution in [-0.2, 0) is 6.54 Å². The Morgan fingerprint density at radius 3 is 2.45 bits per heavy atom. The molecule has 2 aromatic carbocycles. The first kappa shape index (κ1) is 24.5. The number of aromatic nitrogens is 3. The number of fused-ring (bicyclic) bond motifs is 1. The third-order valence-corrected chi connectivity index (χ3v) is 6.47. The van der Waals surface area contributed by atoms with E-state index in [1.54, 1.807) is 61.2 Å². The van der Waals surface area contributed by atoms with Crippen molar-refractivity contribution < 1.29 is 14.3 Å². The molecule has 174 valence electrons. The normalized spacial score (nSPS) is 10.7. The van der Waals surface area contributed by atoms with Crippen LogP contribution in [0.3, 0.4) is 0 Å². The molecule has 0 aliphatic heterocycles. The molecule has 1 amide bonds. The fourth-order valence-electron chi connectivity index (χ4n) is 3.68. The molecule has 0 unspecified atom stereocenters. The predicted molar refractivity (Wildman–Crippen MR) is 134 cm³/mol. The highest BCUT2D eigenvalue weighted by molar-refractivity contribution is 7.22. The number of carbonyl (C=O) groups excluding carboxylic acids is 1. The van der Waals surface area contributed by atoms with Gasteiger partial charge >= 0.3 is 0 Å². The Labute approximate surface area is 203 Å². The van der Waals surface area contributed by atoms with Crippen LogP contribution >= 0.6 is 23.7 Å². The number of benzene rings is 2. The van der Waals surface area contributed by atoms with Gasteiger partial charge in [-0.15, -0.1) is 12.4 Å².